The van der Waals surface area contributed by atoms with Crippen molar-refractivity contribution in [3.8, 4) is 5.88 Å². The minimum atomic E-state index is 0.425. The van der Waals surface area contributed by atoms with Crippen molar-refractivity contribution in [2.24, 2.45) is 0 Å². The highest BCUT2D eigenvalue weighted by Crippen LogP contribution is 2.23. The number of aromatic nitrogens is 1. The van der Waals surface area contributed by atoms with Gasteiger partial charge in [-0.2, -0.15) is 0 Å². The second-order valence-electron chi connectivity index (χ2n) is 5.02. The van der Waals surface area contributed by atoms with Crippen LogP contribution in [-0.4, -0.2) is 11.5 Å². The van der Waals surface area contributed by atoms with Crippen LogP contribution in [0, 0.1) is 13.8 Å². The maximum absolute atomic E-state index is 6.16. The van der Waals surface area contributed by atoms with Crippen LogP contribution in [0.2, 0.25) is 5.02 Å². The summed E-state index contributed by atoms with van der Waals surface area (Å²) in [7, 11) is 0. The molecule has 3 nitrogen and oxygen atoms in total. The molecule has 0 bridgehead atoms. The van der Waals surface area contributed by atoms with Gasteiger partial charge in [0.05, 0.1) is 0 Å². The molecule has 0 atom stereocenters. The Morgan fingerprint density at radius 3 is 2.71 bits per heavy atom. The summed E-state index contributed by atoms with van der Waals surface area (Å²) in [6.45, 7) is 8.25. The molecular formula is C17H21ClN2O. The van der Waals surface area contributed by atoms with E-state index < -0.39 is 0 Å². The van der Waals surface area contributed by atoms with Gasteiger partial charge in [-0.3, -0.25) is 0 Å². The minimum Gasteiger partial charge on any atom is -0.472 e. The fourth-order valence-electron chi connectivity index (χ4n) is 2.18. The highest BCUT2D eigenvalue weighted by molar-refractivity contribution is 6.31. The average Bonchev–Trinajstić information content (AvgIpc) is 2.45. The summed E-state index contributed by atoms with van der Waals surface area (Å²) in [5.74, 6) is 0.688. The van der Waals surface area contributed by atoms with E-state index in [1.165, 1.54) is 5.56 Å². The lowest BCUT2D eigenvalue weighted by atomic mass is 10.1. The van der Waals surface area contributed by atoms with Gasteiger partial charge in [-0.15, -0.1) is 0 Å². The average molecular weight is 305 g/mol. The predicted octanol–water partition coefficient (Wildman–Crippen LogP) is 4.04. The van der Waals surface area contributed by atoms with Gasteiger partial charge < -0.3 is 10.1 Å². The minimum absolute atomic E-state index is 0.425. The van der Waals surface area contributed by atoms with E-state index in [-0.39, 0.29) is 0 Å². The third-order valence-electron chi connectivity index (χ3n) is 3.31. The van der Waals surface area contributed by atoms with Crippen molar-refractivity contribution in [3.63, 3.8) is 0 Å². The first kappa shape index (κ1) is 15.8. The maximum atomic E-state index is 6.16. The molecule has 0 spiro atoms. The zero-order chi connectivity index (χ0) is 15.2. The monoisotopic (exact) mass is 304 g/mol. The Bertz CT molecular complexity index is 614. The van der Waals surface area contributed by atoms with Gasteiger partial charge in [0, 0.05) is 28.4 Å². The molecule has 0 amide bonds. The first-order chi connectivity index (χ1) is 10.1. The molecule has 1 N–H and O–H groups in total. The standard InChI is InChI=1S/C17H21ClN2O/c1-4-19-10-15-12(2)9-13(3)20-17(15)21-11-14-7-5-6-8-16(14)18/h5-9,19H,4,10-11H2,1-3H3. The molecule has 112 valence electrons. The van der Waals surface area contributed by atoms with Crippen molar-refractivity contribution in [3.05, 3.63) is 57.7 Å². The number of ether oxygens (including phenoxy) is 1. The van der Waals surface area contributed by atoms with Crippen molar-refractivity contribution in [1.82, 2.24) is 10.3 Å². The van der Waals surface area contributed by atoms with Crippen LogP contribution in [0.15, 0.2) is 30.3 Å². The molecule has 0 saturated carbocycles. The van der Waals surface area contributed by atoms with E-state index in [0.29, 0.717) is 12.5 Å². The number of hydrogen-bond donors (Lipinski definition) is 1. The maximum Gasteiger partial charge on any atom is 0.218 e. The number of hydrogen-bond acceptors (Lipinski definition) is 3. The van der Waals surface area contributed by atoms with E-state index in [1.54, 1.807) is 0 Å². The highest BCUT2D eigenvalue weighted by Gasteiger charge is 2.11. The van der Waals surface area contributed by atoms with E-state index in [1.807, 2.05) is 31.2 Å². The number of aryl methyl sites for hydroxylation is 2. The van der Waals surface area contributed by atoms with Crippen LogP contribution in [0.25, 0.3) is 0 Å². The van der Waals surface area contributed by atoms with Gasteiger partial charge in [0.15, 0.2) is 0 Å². The number of pyridine rings is 1. The van der Waals surface area contributed by atoms with Crippen molar-refractivity contribution in [1.29, 1.82) is 0 Å². The van der Waals surface area contributed by atoms with Gasteiger partial charge in [-0.25, -0.2) is 4.98 Å². The van der Waals surface area contributed by atoms with Crippen molar-refractivity contribution in [2.75, 3.05) is 6.54 Å². The molecule has 0 aliphatic carbocycles. The van der Waals surface area contributed by atoms with E-state index in [2.05, 4.69) is 30.2 Å². The van der Waals surface area contributed by atoms with Gasteiger partial charge in [-0.1, -0.05) is 36.7 Å². The molecule has 0 fully saturated rings. The molecule has 1 heterocycles. The topological polar surface area (TPSA) is 34.2 Å². The van der Waals surface area contributed by atoms with Gasteiger partial charge in [0.1, 0.15) is 6.61 Å². The van der Waals surface area contributed by atoms with Crippen molar-refractivity contribution >= 4 is 11.6 Å². The zero-order valence-electron chi connectivity index (χ0n) is 12.7. The number of benzene rings is 1. The molecule has 0 saturated heterocycles. The molecule has 4 heteroatoms. The first-order valence-electron chi connectivity index (χ1n) is 7.16. The van der Waals surface area contributed by atoms with Crippen LogP contribution in [-0.2, 0) is 13.2 Å². The lowest BCUT2D eigenvalue weighted by Gasteiger charge is -2.14. The molecule has 21 heavy (non-hydrogen) atoms. The molecule has 1 aromatic heterocycles. The first-order valence-corrected chi connectivity index (χ1v) is 7.53. The smallest absolute Gasteiger partial charge is 0.218 e. The summed E-state index contributed by atoms with van der Waals surface area (Å²) in [4.78, 5) is 4.53. The normalized spacial score (nSPS) is 10.7. The third kappa shape index (κ3) is 4.19. The van der Waals surface area contributed by atoms with Crippen LogP contribution in [0.3, 0.4) is 0 Å². The fourth-order valence-corrected chi connectivity index (χ4v) is 2.37. The summed E-state index contributed by atoms with van der Waals surface area (Å²) in [6.07, 6.45) is 0. The van der Waals surface area contributed by atoms with Crippen molar-refractivity contribution in [2.45, 2.75) is 33.9 Å². The van der Waals surface area contributed by atoms with Crippen molar-refractivity contribution < 1.29 is 4.74 Å². The third-order valence-corrected chi connectivity index (χ3v) is 3.68. The predicted molar refractivity (Wildman–Crippen MR) is 86.9 cm³/mol. The fraction of sp³-hybridized carbons (Fsp3) is 0.353. The Labute approximate surface area is 131 Å². The molecule has 0 radical (unpaired) electrons. The molecule has 0 aliphatic heterocycles. The van der Waals surface area contributed by atoms with Crippen LogP contribution in [0.1, 0.15) is 29.3 Å². The van der Waals surface area contributed by atoms with Crippen LogP contribution in [0.4, 0.5) is 0 Å². The molecular weight excluding hydrogens is 284 g/mol. The Morgan fingerprint density at radius 1 is 1.24 bits per heavy atom. The van der Waals surface area contributed by atoms with E-state index in [0.717, 1.165) is 34.9 Å². The Kier molecular flexibility index (Phi) is 5.59. The molecule has 1 aromatic carbocycles. The summed E-state index contributed by atoms with van der Waals surface area (Å²) >= 11 is 6.16. The zero-order valence-corrected chi connectivity index (χ0v) is 13.5. The van der Waals surface area contributed by atoms with Gasteiger partial charge in [0.25, 0.3) is 0 Å². The van der Waals surface area contributed by atoms with Crippen LogP contribution in [0.5, 0.6) is 5.88 Å². The summed E-state index contributed by atoms with van der Waals surface area (Å²) in [5.41, 5.74) is 4.23. The largest absolute Gasteiger partial charge is 0.472 e. The molecule has 2 aromatic rings. The molecule has 2 rings (SSSR count). The number of rotatable bonds is 6. The quantitative estimate of drug-likeness (QED) is 0.874. The second kappa shape index (κ2) is 7.43. The molecule has 0 unspecified atom stereocenters. The molecule has 0 aliphatic rings. The number of nitrogens with zero attached hydrogens (tertiary/aromatic N) is 1. The van der Waals surface area contributed by atoms with Crippen LogP contribution >= 0.6 is 11.6 Å². The lowest BCUT2D eigenvalue weighted by molar-refractivity contribution is 0.289. The summed E-state index contributed by atoms with van der Waals surface area (Å²) < 4.78 is 5.93. The summed E-state index contributed by atoms with van der Waals surface area (Å²) in [5, 5.41) is 4.05. The number of halogens is 1. The lowest BCUT2D eigenvalue weighted by Crippen LogP contribution is -2.15. The van der Waals surface area contributed by atoms with Crippen LogP contribution < -0.4 is 10.1 Å². The Morgan fingerprint density at radius 2 is 2.00 bits per heavy atom. The van der Waals surface area contributed by atoms with E-state index >= 15 is 0 Å². The van der Waals surface area contributed by atoms with E-state index in [4.69, 9.17) is 16.3 Å². The SMILES string of the molecule is CCNCc1c(C)cc(C)nc1OCc1ccccc1Cl. The summed E-state index contributed by atoms with van der Waals surface area (Å²) in [6, 6.07) is 9.79. The number of nitrogens with one attached hydrogen (secondary N) is 1. The van der Waals surface area contributed by atoms with E-state index in [9.17, 15) is 0 Å². The highest BCUT2D eigenvalue weighted by atomic mass is 35.5. The Balaban J connectivity index is 2.20. The van der Waals surface area contributed by atoms with Gasteiger partial charge in [-0.05, 0) is 38.1 Å². The van der Waals surface area contributed by atoms with Gasteiger partial charge in [0.2, 0.25) is 5.88 Å². The Hall–Kier alpha value is -1.58. The van der Waals surface area contributed by atoms with Gasteiger partial charge >= 0.3 is 0 Å². The second-order valence-corrected chi connectivity index (χ2v) is 5.43.